The Balaban J connectivity index is 2.65. The zero-order valence-electron chi connectivity index (χ0n) is 8.86. The van der Waals surface area contributed by atoms with Crippen molar-refractivity contribution in [3.05, 3.63) is 17.7 Å². The predicted molar refractivity (Wildman–Crippen MR) is 53.9 cm³/mol. The Bertz CT molecular complexity index is 353. The number of hydrogen-bond donors (Lipinski definition) is 1. The molecule has 1 N–H and O–H groups in total. The van der Waals surface area contributed by atoms with Gasteiger partial charge in [0.25, 0.3) is 0 Å². The highest BCUT2D eigenvalue weighted by Gasteiger charge is 2.06. The number of aliphatic carboxylic acids is 1. The molecule has 1 aromatic rings. The lowest BCUT2D eigenvalue weighted by Gasteiger charge is -2.06. The quantitative estimate of drug-likeness (QED) is 0.790. The molecule has 0 aromatic carbocycles. The number of carbonyl (C=O) groups is 1. The Hall–Kier alpha value is -1.65. The summed E-state index contributed by atoms with van der Waals surface area (Å²) in [5.41, 5.74) is 0.770. The van der Waals surface area contributed by atoms with Crippen LogP contribution >= 0.6 is 0 Å². The van der Waals surface area contributed by atoms with Crippen molar-refractivity contribution in [2.24, 2.45) is 0 Å². The smallest absolute Gasteiger partial charge is 0.303 e. The van der Waals surface area contributed by atoms with Gasteiger partial charge < -0.3 is 9.84 Å². The van der Waals surface area contributed by atoms with E-state index >= 15 is 0 Å². The molecule has 0 amide bonds. The SMILES string of the molecule is COc1cnc(C)nc1CCCC(=O)O. The predicted octanol–water partition coefficient (Wildman–Crippen LogP) is 1.20. The van der Waals surface area contributed by atoms with Gasteiger partial charge in [0.15, 0.2) is 5.75 Å². The molecule has 0 saturated carbocycles. The number of aryl methyl sites for hydroxylation is 2. The van der Waals surface area contributed by atoms with E-state index in [0.717, 1.165) is 5.69 Å². The minimum atomic E-state index is -0.792. The molecule has 15 heavy (non-hydrogen) atoms. The van der Waals surface area contributed by atoms with Gasteiger partial charge >= 0.3 is 5.97 Å². The maximum Gasteiger partial charge on any atom is 0.303 e. The summed E-state index contributed by atoms with van der Waals surface area (Å²) in [5, 5.41) is 8.51. The molecule has 0 fully saturated rings. The lowest BCUT2D eigenvalue weighted by Crippen LogP contribution is -2.02. The second-order valence-corrected chi connectivity index (χ2v) is 3.18. The fourth-order valence-corrected chi connectivity index (χ4v) is 1.26. The number of hydrogen-bond acceptors (Lipinski definition) is 4. The first-order chi connectivity index (χ1) is 7.13. The van der Waals surface area contributed by atoms with Crippen molar-refractivity contribution in [2.45, 2.75) is 26.2 Å². The first-order valence-corrected chi connectivity index (χ1v) is 4.71. The number of aromatic nitrogens is 2. The highest BCUT2D eigenvalue weighted by atomic mass is 16.5. The van der Waals surface area contributed by atoms with Crippen molar-refractivity contribution in [3.63, 3.8) is 0 Å². The number of carboxylic acid groups (broad SMARTS) is 1. The van der Waals surface area contributed by atoms with Crippen molar-refractivity contribution < 1.29 is 14.6 Å². The maximum atomic E-state index is 10.3. The molecule has 0 saturated heterocycles. The van der Waals surface area contributed by atoms with Gasteiger partial charge in [-0.25, -0.2) is 9.97 Å². The Kier molecular flexibility index (Phi) is 4.03. The van der Waals surface area contributed by atoms with Crippen LogP contribution in [0.1, 0.15) is 24.4 Å². The molecule has 1 aromatic heterocycles. The summed E-state index contributed by atoms with van der Waals surface area (Å²) >= 11 is 0. The second kappa shape index (κ2) is 5.29. The van der Waals surface area contributed by atoms with Gasteiger partial charge in [-0.15, -0.1) is 0 Å². The van der Waals surface area contributed by atoms with Crippen LogP contribution in [0.5, 0.6) is 5.75 Å². The summed E-state index contributed by atoms with van der Waals surface area (Å²) in [5.74, 6) is 0.492. The molecular formula is C10H14N2O3. The highest BCUT2D eigenvalue weighted by Crippen LogP contribution is 2.16. The van der Waals surface area contributed by atoms with Crippen LogP contribution in [0, 0.1) is 6.92 Å². The van der Waals surface area contributed by atoms with E-state index in [4.69, 9.17) is 9.84 Å². The summed E-state index contributed by atoms with van der Waals surface area (Å²) in [6.07, 6.45) is 2.91. The van der Waals surface area contributed by atoms with Crippen molar-refractivity contribution in [3.8, 4) is 5.75 Å². The van der Waals surface area contributed by atoms with Gasteiger partial charge in [-0.2, -0.15) is 0 Å². The molecule has 0 radical (unpaired) electrons. The lowest BCUT2D eigenvalue weighted by molar-refractivity contribution is -0.137. The molecule has 82 valence electrons. The third kappa shape index (κ3) is 3.53. The summed E-state index contributed by atoms with van der Waals surface area (Å²) < 4.78 is 5.09. The number of rotatable bonds is 5. The molecule has 0 atom stereocenters. The topological polar surface area (TPSA) is 72.3 Å². The van der Waals surface area contributed by atoms with E-state index in [1.54, 1.807) is 20.2 Å². The minimum Gasteiger partial charge on any atom is -0.493 e. The Morgan fingerprint density at radius 3 is 2.93 bits per heavy atom. The normalized spacial score (nSPS) is 10.0. The number of nitrogens with zero attached hydrogens (tertiary/aromatic N) is 2. The highest BCUT2D eigenvalue weighted by molar-refractivity contribution is 5.66. The fraction of sp³-hybridized carbons (Fsp3) is 0.500. The number of carboxylic acids is 1. The van der Waals surface area contributed by atoms with Crippen LogP contribution in [0.15, 0.2) is 6.20 Å². The molecule has 1 rings (SSSR count). The van der Waals surface area contributed by atoms with E-state index in [1.807, 2.05) is 0 Å². The van der Waals surface area contributed by atoms with E-state index in [1.165, 1.54) is 0 Å². The Morgan fingerprint density at radius 2 is 2.33 bits per heavy atom. The van der Waals surface area contributed by atoms with Crippen LogP contribution in [0.2, 0.25) is 0 Å². The van der Waals surface area contributed by atoms with E-state index < -0.39 is 5.97 Å². The van der Waals surface area contributed by atoms with E-state index in [2.05, 4.69) is 9.97 Å². The largest absolute Gasteiger partial charge is 0.493 e. The van der Waals surface area contributed by atoms with E-state index in [-0.39, 0.29) is 6.42 Å². The van der Waals surface area contributed by atoms with Gasteiger partial charge in [0.1, 0.15) is 5.82 Å². The molecule has 0 aliphatic heterocycles. The van der Waals surface area contributed by atoms with Gasteiger partial charge in [-0.3, -0.25) is 4.79 Å². The molecule has 1 heterocycles. The average molecular weight is 210 g/mol. The van der Waals surface area contributed by atoms with Crippen molar-refractivity contribution >= 4 is 5.97 Å². The monoisotopic (exact) mass is 210 g/mol. The first-order valence-electron chi connectivity index (χ1n) is 4.71. The molecule has 5 heteroatoms. The van der Waals surface area contributed by atoms with Crippen molar-refractivity contribution in [2.75, 3.05) is 7.11 Å². The summed E-state index contributed by atoms with van der Waals surface area (Å²) in [4.78, 5) is 18.6. The molecule has 0 aliphatic carbocycles. The zero-order valence-corrected chi connectivity index (χ0v) is 8.86. The maximum absolute atomic E-state index is 10.3. The number of ether oxygens (including phenoxy) is 1. The van der Waals surface area contributed by atoms with Crippen molar-refractivity contribution in [1.29, 1.82) is 0 Å². The van der Waals surface area contributed by atoms with Gasteiger partial charge in [-0.1, -0.05) is 0 Å². The zero-order chi connectivity index (χ0) is 11.3. The van der Waals surface area contributed by atoms with Crippen LogP contribution in [0.3, 0.4) is 0 Å². The molecule has 5 nitrogen and oxygen atoms in total. The number of methoxy groups -OCH3 is 1. The lowest BCUT2D eigenvalue weighted by atomic mass is 10.2. The van der Waals surface area contributed by atoms with Crippen LogP contribution in [0.4, 0.5) is 0 Å². The molecule has 0 spiro atoms. The van der Waals surface area contributed by atoms with Gasteiger partial charge in [0.05, 0.1) is 19.0 Å². The van der Waals surface area contributed by atoms with E-state index in [9.17, 15) is 4.79 Å². The minimum absolute atomic E-state index is 0.145. The fourth-order valence-electron chi connectivity index (χ4n) is 1.26. The summed E-state index contributed by atoms with van der Waals surface area (Å²) in [7, 11) is 1.55. The Labute approximate surface area is 88.1 Å². The van der Waals surface area contributed by atoms with Crippen LogP contribution < -0.4 is 4.74 Å². The van der Waals surface area contributed by atoms with Gasteiger partial charge in [0.2, 0.25) is 0 Å². The van der Waals surface area contributed by atoms with Gasteiger partial charge in [-0.05, 0) is 19.8 Å². The van der Waals surface area contributed by atoms with Crippen molar-refractivity contribution in [1.82, 2.24) is 9.97 Å². The standard InChI is InChI=1S/C10H14N2O3/c1-7-11-6-9(15-2)8(12-7)4-3-5-10(13)14/h6H,3-5H2,1-2H3,(H,13,14). The van der Waals surface area contributed by atoms with Gasteiger partial charge in [0, 0.05) is 6.42 Å². The average Bonchev–Trinajstić information content (AvgIpc) is 2.17. The third-order valence-electron chi connectivity index (χ3n) is 1.97. The summed E-state index contributed by atoms with van der Waals surface area (Å²) in [6.45, 7) is 1.79. The molecule has 0 bridgehead atoms. The van der Waals surface area contributed by atoms with E-state index in [0.29, 0.717) is 24.4 Å². The third-order valence-corrected chi connectivity index (χ3v) is 1.97. The molecular weight excluding hydrogens is 196 g/mol. The second-order valence-electron chi connectivity index (χ2n) is 3.18. The molecule has 0 aliphatic rings. The first kappa shape index (κ1) is 11.4. The molecule has 0 unspecified atom stereocenters. The van der Waals surface area contributed by atoms with Crippen LogP contribution in [0.25, 0.3) is 0 Å². The Morgan fingerprint density at radius 1 is 1.60 bits per heavy atom. The van der Waals surface area contributed by atoms with Crippen LogP contribution in [-0.4, -0.2) is 28.2 Å². The van der Waals surface area contributed by atoms with Crippen LogP contribution in [-0.2, 0) is 11.2 Å². The summed E-state index contributed by atoms with van der Waals surface area (Å²) in [6, 6.07) is 0.